The van der Waals surface area contributed by atoms with E-state index in [0.717, 1.165) is 37.2 Å². The summed E-state index contributed by atoms with van der Waals surface area (Å²) in [4.78, 5) is 0. The molecule has 0 unspecified atom stereocenters. The molecule has 3 heteroatoms. The lowest BCUT2D eigenvalue weighted by Crippen LogP contribution is -2.03. The van der Waals surface area contributed by atoms with Gasteiger partial charge in [0.05, 0.1) is 12.2 Å². The second-order valence-corrected chi connectivity index (χ2v) is 4.30. The van der Waals surface area contributed by atoms with Crippen LogP contribution >= 0.6 is 0 Å². The van der Waals surface area contributed by atoms with E-state index in [1.165, 1.54) is 0 Å². The summed E-state index contributed by atoms with van der Waals surface area (Å²) in [5.41, 5.74) is 6.63. The van der Waals surface area contributed by atoms with Gasteiger partial charge in [-0.1, -0.05) is 6.07 Å². The van der Waals surface area contributed by atoms with Gasteiger partial charge in [0.2, 0.25) is 0 Å². The molecule has 3 rings (SSSR count). The van der Waals surface area contributed by atoms with Gasteiger partial charge in [0.1, 0.15) is 17.2 Å². The molecule has 0 bridgehead atoms. The standard InChI is InChI=1S/C12H15NO2/c13-12-10(14-8-4-5-8)2-1-3-11(12)15-9-6-7-9/h1-3,8-9H,4-7,13H2. The number of benzene rings is 1. The number of hydrogen-bond acceptors (Lipinski definition) is 3. The zero-order valence-corrected chi connectivity index (χ0v) is 8.61. The Morgan fingerprint density at radius 2 is 1.40 bits per heavy atom. The first-order valence-electron chi connectivity index (χ1n) is 5.55. The van der Waals surface area contributed by atoms with E-state index in [0.29, 0.717) is 17.9 Å². The third-order valence-corrected chi connectivity index (χ3v) is 2.66. The summed E-state index contributed by atoms with van der Waals surface area (Å²) >= 11 is 0. The van der Waals surface area contributed by atoms with E-state index in [-0.39, 0.29) is 0 Å². The average molecular weight is 205 g/mol. The van der Waals surface area contributed by atoms with Gasteiger partial charge in [-0.15, -0.1) is 0 Å². The minimum atomic E-state index is 0.378. The summed E-state index contributed by atoms with van der Waals surface area (Å²) in [7, 11) is 0. The topological polar surface area (TPSA) is 44.5 Å². The first-order chi connectivity index (χ1) is 7.33. The fourth-order valence-electron chi connectivity index (χ4n) is 1.46. The molecule has 1 aromatic carbocycles. The highest BCUT2D eigenvalue weighted by Crippen LogP contribution is 2.38. The molecule has 2 saturated carbocycles. The van der Waals surface area contributed by atoms with Gasteiger partial charge in [0, 0.05) is 0 Å². The second-order valence-electron chi connectivity index (χ2n) is 4.30. The van der Waals surface area contributed by atoms with Crippen LogP contribution in [0.3, 0.4) is 0 Å². The van der Waals surface area contributed by atoms with Gasteiger partial charge in [0.25, 0.3) is 0 Å². The zero-order valence-electron chi connectivity index (χ0n) is 8.61. The van der Waals surface area contributed by atoms with Crippen LogP contribution in [0.5, 0.6) is 11.5 Å². The Bertz CT molecular complexity index is 338. The van der Waals surface area contributed by atoms with Crippen LogP contribution in [-0.2, 0) is 0 Å². The fraction of sp³-hybridized carbons (Fsp3) is 0.500. The van der Waals surface area contributed by atoms with E-state index >= 15 is 0 Å². The minimum Gasteiger partial charge on any atom is -0.488 e. The molecule has 2 fully saturated rings. The molecule has 2 aliphatic carbocycles. The SMILES string of the molecule is Nc1c(OC2CC2)cccc1OC1CC1. The van der Waals surface area contributed by atoms with Crippen LogP contribution in [0.1, 0.15) is 25.7 Å². The molecule has 0 aliphatic heterocycles. The van der Waals surface area contributed by atoms with Crippen molar-refractivity contribution in [2.24, 2.45) is 0 Å². The third kappa shape index (κ3) is 2.01. The number of anilines is 1. The van der Waals surface area contributed by atoms with Crippen LogP contribution in [0.25, 0.3) is 0 Å². The molecule has 80 valence electrons. The maximum Gasteiger partial charge on any atom is 0.146 e. The predicted octanol–water partition coefficient (Wildman–Crippen LogP) is 2.35. The maximum absolute atomic E-state index is 5.99. The van der Waals surface area contributed by atoms with E-state index in [1.807, 2.05) is 18.2 Å². The van der Waals surface area contributed by atoms with Crippen molar-refractivity contribution in [1.29, 1.82) is 0 Å². The van der Waals surface area contributed by atoms with Crippen LogP contribution in [0, 0.1) is 0 Å². The molecule has 1 aromatic rings. The number of nitrogens with two attached hydrogens (primary N) is 1. The van der Waals surface area contributed by atoms with E-state index in [9.17, 15) is 0 Å². The average Bonchev–Trinajstić information content (AvgIpc) is 3.06. The lowest BCUT2D eigenvalue weighted by atomic mass is 10.2. The molecule has 0 heterocycles. The summed E-state index contributed by atoms with van der Waals surface area (Å²) < 4.78 is 11.4. The molecule has 0 amide bonds. The minimum absolute atomic E-state index is 0.378. The molecule has 0 saturated heterocycles. The normalized spacial score (nSPS) is 20.0. The van der Waals surface area contributed by atoms with Gasteiger partial charge < -0.3 is 15.2 Å². The van der Waals surface area contributed by atoms with Gasteiger partial charge in [-0.3, -0.25) is 0 Å². The van der Waals surface area contributed by atoms with Crippen molar-refractivity contribution in [2.45, 2.75) is 37.9 Å². The number of hydrogen-bond donors (Lipinski definition) is 1. The molecule has 2 aliphatic rings. The molecular weight excluding hydrogens is 190 g/mol. The number of ether oxygens (including phenoxy) is 2. The summed E-state index contributed by atoms with van der Waals surface area (Å²) in [6.45, 7) is 0. The second kappa shape index (κ2) is 3.33. The van der Waals surface area contributed by atoms with Gasteiger partial charge >= 0.3 is 0 Å². The molecule has 0 atom stereocenters. The Labute approximate surface area is 89.2 Å². The Kier molecular flexibility index (Phi) is 1.97. The van der Waals surface area contributed by atoms with E-state index < -0.39 is 0 Å². The number of nitrogen functional groups attached to an aromatic ring is 1. The molecule has 0 spiro atoms. The quantitative estimate of drug-likeness (QED) is 0.767. The van der Waals surface area contributed by atoms with E-state index in [1.54, 1.807) is 0 Å². The summed E-state index contributed by atoms with van der Waals surface area (Å²) in [5.74, 6) is 1.55. The van der Waals surface area contributed by atoms with Gasteiger partial charge in [-0.2, -0.15) is 0 Å². The monoisotopic (exact) mass is 205 g/mol. The van der Waals surface area contributed by atoms with Gasteiger partial charge in [-0.05, 0) is 37.8 Å². The van der Waals surface area contributed by atoms with Crippen LogP contribution in [0.2, 0.25) is 0 Å². The third-order valence-electron chi connectivity index (χ3n) is 2.66. The van der Waals surface area contributed by atoms with E-state index in [2.05, 4.69) is 0 Å². The molecule has 0 aromatic heterocycles. The van der Waals surface area contributed by atoms with Crippen molar-refractivity contribution in [3.8, 4) is 11.5 Å². The van der Waals surface area contributed by atoms with Gasteiger partial charge in [-0.25, -0.2) is 0 Å². The van der Waals surface area contributed by atoms with Crippen molar-refractivity contribution < 1.29 is 9.47 Å². The molecule has 2 N–H and O–H groups in total. The van der Waals surface area contributed by atoms with Crippen LogP contribution in [0.15, 0.2) is 18.2 Å². The first kappa shape index (κ1) is 8.89. The Morgan fingerprint density at radius 3 is 1.80 bits per heavy atom. The van der Waals surface area contributed by atoms with Crippen LogP contribution in [0.4, 0.5) is 5.69 Å². The van der Waals surface area contributed by atoms with Crippen molar-refractivity contribution >= 4 is 5.69 Å². The van der Waals surface area contributed by atoms with Crippen molar-refractivity contribution in [3.63, 3.8) is 0 Å². The van der Waals surface area contributed by atoms with Gasteiger partial charge in [0.15, 0.2) is 0 Å². The summed E-state index contributed by atoms with van der Waals surface area (Å²) in [5, 5.41) is 0. The zero-order chi connectivity index (χ0) is 10.3. The Morgan fingerprint density at radius 1 is 0.933 bits per heavy atom. The molecule has 3 nitrogen and oxygen atoms in total. The fourth-order valence-corrected chi connectivity index (χ4v) is 1.46. The number of para-hydroxylation sites is 1. The summed E-state index contributed by atoms with van der Waals surface area (Å²) in [6, 6.07) is 5.76. The van der Waals surface area contributed by atoms with Crippen LogP contribution < -0.4 is 15.2 Å². The van der Waals surface area contributed by atoms with Crippen molar-refractivity contribution in [3.05, 3.63) is 18.2 Å². The highest BCUT2D eigenvalue weighted by molar-refractivity contribution is 5.62. The highest BCUT2D eigenvalue weighted by atomic mass is 16.5. The Hall–Kier alpha value is -1.38. The van der Waals surface area contributed by atoms with Crippen LogP contribution in [-0.4, -0.2) is 12.2 Å². The van der Waals surface area contributed by atoms with Crippen molar-refractivity contribution in [2.75, 3.05) is 5.73 Å². The van der Waals surface area contributed by atoms with Crippen molar-refractivity contribution in [1.82, 2.24) is 0 Å². The molecule has 0 radical (unpaired) electrons. The lowest BCUT2D eigenvalue weighted by Gasteiger charge is -2.12. The smallest absolute Gasteiger partial charge is 0.146 e. The van der Waals surface area contributed by atoms with E-state index in [4.69, 9.17) is 15.2 Å². The first-order valence-corrected chi connectivity index (χ1v) is 5.55. The number of rotatable bonds is 4. The summed E-state index contributed by atoms with van der Waals surface area (Å²) in [6.07, 6.45) is 5.34. The highest BCUT2D eigenvalue weighted by Gasteiger charge is 2.27. The Balaban J connectivity index is 1.79. The molecule has 15 heavy (non-hydrogen) atoms. The lowest BCUT2D eigenvalue weighted by molar-refractivity contribution is 0.290. The predicted molar refractivity (Wildman–Crippen MR) is 58.2 cm³/mol. The maximum atomic E-state index is 5.99. The largest absolute Gasteiger partial charge is 0.488 e. The molecular formula is C12H15NO2.